The summed E-state index contributed by atoms with van der Waals surface area (Å²) in [5.41, 5.74) is 3.36. The Morgan fingerprint density at radius 1 is 0.690 bits per heavy atom. The van der Waals surface area contributed by atoms with E-state index >= 15 is 0 Å². The highest BCUT2D eigenvalue weighted by Crippen LogP contribution is 2.29. The predicted molar refractivity (Wildman–Crippen MR) is 123 cm³/mol. The van der Waals surface area contributed by atoms with Crippen LogP contribution in [0.25, 0.3) is 0 Å². The van der Waals surface area contributed by atoms with Gasteiger partial charge in [0, 0.05) is 35.6 Å². The van der Waals surface area contributed by atoms with Gasteiger partial charge < -0.3 is 10.2 Å². The average Bonchev–Trinajstić information content (AvgIpc) is 2.65. The molecule has 0 bridgehead atoms. The molecule has 29 heavy (non-hydrogen) atoms. The van der Waals surface area contributed by atoms with Crippen LogP contribution in [0.4, 0.5) is 0 Å². The number of hydrogen-bond acceptors (Lipinski definition) is 4. The topological polar surface area (TPSA) is 65.2 Å². The van der Waals surface area contributed by atoms with Crippen molar-refractivity contribution >= 4 is 12.4 Å². The van der Waals surface area contributed by atoms with Crippen molar-refractivity contribution in [2.75, 3.05) is 0 Å². The minimum atomic E-state index is 0.0693. The van der Waals surface area contributed by atoms with Gasteiger partial charge >= 0.3 is 0 Å². The van der Waals surface area contributed by atoms with Crippen LogP contribution < -0.4 is 0 Å². The SMILES string of the molecule is CC(C)c1cccc(C=N[C@@H](C)C[C@H](C)N=Cc2cccc(C(C)C)c2O)c1O. The van der Waals surface area contributed by atoms with Crippen molar-refractivity contribution in [3.63, 3.8) is 0 Å². The van der Waals surface area contributed by atoms with Gasteiger partial charge in [0.05, 0.1) is 0 Å². The first-order valence-electron chi connectivity index (χ1n) is 10.4. The van der Waals surface area contributed by atoms with Crippen LogP contribution in [0.1, 0.15) is 82.1 Å². The van der Waals surface area contributed by atoms with Gasteiger partial charge in [-0.1, -0.05) is 52.0 Å². The summed E-state index contributed by atoms with van der Waals surface area (Å²) in [4.78, 5) is 9.19. The Morgan fingerprint density at radius 2 is 1.07 bits per heavy atom. The van der Waals surface area contributed by atoms with E-state index in [0.717, 1.165) is 28.7 Å². The van der Waals surface area contributed by atoms with Crippen molar-refractivity contribution in [3.8, 4) is 11.5 Å². The third kappa shape index (κ3) is 6.18. The summed E-state index contributed by atoms with van der Waals surface area (Å²) >= 11 is 0. The van der Waals surface area contributed by atoms with Crippen molar-refractivity contribution in [2.45, 2.75) is 71.9 Å². The maximum atomic E-state index is 10.4. The second kappa shape index (κ2) is 10.2. The minimum Gasteiger partial charge on any atom is -0.507 e. The van der Waals surface area contributed by atoms with Crippen LogP contribution in [-0.2, 0) is 0 Å². The van der Waals surface area contributed by atoms with Gasteiger partial charge in [-0.3, -0.25) is 9.98 Å². The van der Waals surface area contributed by atoms with Gasteiger partial charge in [0.2, 0.25) is 0 Å². The maximum Gasteiger partial charge on any atom is 0.127 e. The van der Waals surface area contributed by atoms with Gasteiger partial charge in [-0.05, 0) is 55.4 Å². The Hall–Kier alpha value is -2.62. The number of phenols is 2. The molecule has 0 amide bonds. The van der Waals surface area contributed by atoms with Crippen molar-refractivity contribution in [1.29, 1.82) is 0 Å². The van der Waals surface area contributed by atoms with Gasteiger partial charge in [-0.15, -0.1) is 0 Å². The summed E-state index contributed by atoms with van der Waals surface area (Å²) in [7, 11) is 0. The Morgan fingerprint density at radius 3 is 1.41 bits per heavy atom. The molecule has 0 aliphatic rings. The summed E-state index contributed by atoms with van der Waals surface area (Å²) < 4.78 is 0. The van der Waals surface area contributed by atoms with Crippen molar-refractivity contribution in [3.05, 3.63) is 58.7 Å². The van der Waals surface area contributed by atoms with Crippen molar-refractivity contribution < 1.29 is 10.2 Å². The summed E-state index contributed by atoms with van der Waals surface area (Å²) in [6.45, 7) is 12.3. The first-order valence-corrected chi connectivity index (χ1v) is 10.4. The van der Waals surface area contributed by atoms with Crippen molar-refractivity contribution in [1.82, 2.24) is 0 Å². The standard InChI is InChI=1S/C25H34N2O2/c1-16(2)22-11-7-9-20(24(22)28)14-26-18(5)13-19(6)27-15-21-10-8-12-23(17(3)4)25(21)29/h7-12,14-19,28-29H,13H2,1-6H3/t18-,19-/m0/s1. The molecule has 2 rings (SSSR count). The normalized spacial score (nSPS) is 14.3. The van der Waals surface area contributed by atoms with Gasteiger partial charge in [0.1, 0.15) is 11.5 Å². The van der Waals surface area contributed by atoms with Crippen LogP contribution in [0.2, 0.25) is 0 Å². The van der Waals surface area contributed by atoms with E-state index in [4.69, 9.17) is 0 Å². The number of nitrogens with zero attached hydrogens (tertiary/aromatic N) is 2. The highest BCUT2D eigenvalue weighted by atomic mass is 16.3. The third-order valence-electron chi connectivity index (χ3n) is 5.06. The molecule has 0 aromatic heterocycles. The van der Waals surface area contributed by atoms with E-state index in [1.54, 1.807) is 12.4 Å². The molecular formula is C25H34N2O2. The molecule has 0 radical (unpaired) electrons. The van der Waals surface area contributed by atoms with E-state index in [2.05, 4.69) is 37.7 Å². The van der Waals surface area contributed by atoms with Gasteiger partial charge in [-0.25, -0.2) is 0 Å². The van der Waals surface area contributed by atoms with Crippen LogP contribution >= 0.6 is 0 Å². The lowest BCUT2D eigenvalue weighted by molar-refractivity contribution is 0.463. The molecule has 0 saturated heterocycles. The smallest absolute Gasteiger partial charge is 0.127 e. The lowest BCUT2D eigenvalue weighted by Gasteiger charge is -2.13. The van der Waals surface area contributed by atoms with Crippen molar-refractivity contribution in [2.24, 2.45) is 9.98 Å². The first kappa shape index (κ1) is 22.7. The quantitative estimate of drug-likeness (QED) is 0.535. The molecule has 0 spiro atoms. The molecule has 0 fully saturated rings. The highest BCUT2D eigenvalue weighted by molar-refractivity contribution is 5.85. The van der Waals surface area contributed by atoms with Crippen LogP contribution in [0, 0.1) is 0 Å². The average molecular weight is 395 g/mol. The largest absolute Gasteiger partial charge is 0.507 e. The number of benzene rings is 2. The molecule has 2 aromatic carbocycles. The fourth-order valence-corrected chi connectivity index (χ4v) is 3.33. The maximum absolute atomic E-state index is 10.4. The Bertz CT molecular complexity index is 798. The zero-order valence-corrected chi connectivity index (χ0v) is 18.4. The number of aliphatic imine (C=N–C) groups is 2. The lowest BCUT2D eigenvalue weighted by Crippen LogP contribution is -2.09. The zero-order valence-electron chi connectivity index (χ0n) is 18.4. The fraction of sp³-hybridized carbons (Fsp3) is 0.440. The fourth-order valence-electron chi connectivity index (χ4n) is 3.33. The molecule has 2 aromatic rings. The second-order valence-corrected chi connectivity index (χ2v) is 8.37. The molecule has 2 N–H and O–H groups in total. The van der Waals surface area contributed by atoms with Crippen LogP contribution in [0.3, 0.4) is 0 Å². The van der Waals surface area contributed by atoms with E-state index in [-0.39, 0.29) is 23.9 Å². The van der Waals surface area contributed by atoms with E-state index in [1.807, 2.05) is 50.2 Å². The third-order valence-corrected chi connectivity index (χ3v) is 5.06. The monoisotopic (exact) mass is 394 g/mol. The van der Waals surface area contributed by atoms with Crippen LogP contribution in [0.5, 0.6) is 11.5 Å². The van der Waals surface area contributed by atoms with Crippen LogP contribution in [-0.4, -0.2) is 34.7 Å². The summed E-state index contributed by atoms with van der Waals surface area (Å²) in [5, 5.41) is 20.8. The number of hydrogen-bond donors (Lipinski definition) is 2. The molecule has 0 aliphatic heterocycles. The van der Waals surface area contributed by atoms with E-state index in [1.165, 1.54) is 0 Å². The Labute approximate surface area is 175 Å². The molecule has 0 aliphatic carbocycles. The number of para-hydroxylation sites is 2. The molecular weight excluding hydrogens is 360 g/mol. The Balaban J connectivity index is 2.02. The van der Waals surface area contributed by atoms with E-state index in [9.17, 15) is 10.2 Å². The van der Waals surface area contributed by atoms with Gasteiger partial charge in [-0.2, -0.15) is 0 Å². The minimum absolute atomic E-state index is 0.0693. The molecule has 0 unspecified atom stereocenters. The van der Waals surface area contributed by atoms with Crippen LogP contribution in [0.15, 0.2) is 46.4 Å². The zero-order chi connectivity index (χ0) is 21.6. The number of rotatable bonds is 8. The number of phenolic OH excluding ortho intramolecular Hbond substituents is 2. The molecule has 4 heteroatoms. The molecule has 4 nitrogen and oxygen atoms in total. The molecule has 0 heterocycles. The van der Waals surface area contributed by atoms with E-state index < -0.39 is 0 Å². The summed E-state index contributed by atoms with van der Waals surface area (Å²) in [5.74, 6) is 1.15. The Kier molecular flexibility index (Phi) is 8.00. The second-order valence-electron chi connectivity index (χ2n) is 8.37. The first-order chi connectivity index (χ1) is 13.7. The van der Waals surface area contributed by atoms with E-state index in [0.29, 0.717) is 11.5 Å². The molecule has 2 atom stereocenters. The highest BCUT2D eigenvalue weighted by Gasteiger charge is 2.11. The van der Waals surface area contributed by atoms with Gasteiger partial charge in [0.15, 0.2) is 0 Å². The lowest BCUT2D eigenvalue weighted by atomic mass is 9.99. The number of aromatic hydroxyl groups is 2. The molecule has 0 saturated carbocycles. The summed E-state index contributed by atoms with van der Waals surface area (Å²) in [6.07, 6.45) is 4.28. The molecule has 156 valence electrons. The van der Waals surface area contributed by atoms with Gasteiger partial charge in [0.25, 0.3) is 0 Å². The predicted octanol–water partition coefficient (Wildman–Crippen LogP) is 6.05. The summed E-state index contributed by atoms with van der Waals surface area (Å²) in [6, 6.07) is 11.7.